The molecule has 3 aliphatic carbocycles. The van der Waals surface area contributed by atoms with E-state index in [0.717, 1.165) is 36.2 Å². The first-order chi connectivity index (χ1) is 28.2. The minimum atomic E-state index is -0.0927. The van der Waals surface area contributed by atoms with Crippen LogP contribution in [0.2, 0.25) is 0 Å². The molecule has 57 heavy (non-hydrogen) atoms. The Balaban J connectivity index is 0.944. The third kappa shape index (κ3) is 6.12. The molecule has 0 N–H and O–H groups in total. The summed E-state index contributed by atoms with van der Waals surface area (Å²) < 4.78 is 5.09. The number of hydrogen-bond acceptors (Lipinski definition) is 4. The van der Waals surface area contributed by atoms with Gasteiger partial charge < -0.3 is 4.57 Å². The van der Waals surface area contributed by atoms with Crippen LogP contribution in [-0.4, -0.2) is 19.5 Å². The average molecular weight is 751 g/mol. The summed E-state index contributed by atoms with van der Waals surface area (Å²) >= 11 is 1.90. The first-order valence-electron chi connectivity index (χ1n) is 19.8. The zero-order chi connectivity index (χ0) is 37.7. The first-order valence-corrected chi connectivity index (χ1v) is 20.6. The van der Waals surface area contributed by atoms with Gasteiger partial charge in [0, 0.05) is 48.1 Å². The van der Waals surface area contributed by atoms with E-state index in [2.05, 4.69) is 150 Å². The van der Waals surface area contributed by atoms with E-state index in [0.29, 0.717) is 11.6 Å². The van der Waals surface area contributed by atoms with Crippen LogP contribution in [0.25, 0.3) is 83.6 Å². The van der Waals surface area contributed by atoms with Crippen LogP contribution in [0.4, 0.5) is 0 Å². The van der Waals surface area contributed by atoms with E-state index in [1.807, 2.05) is 47.7 Å². The Morgan fingerprint density at radius 1 is 0.579 bits per heavy atom. The van der Waals surface area contributed by atoms with Crippen molar-refractivity contribution in [3.05, 3.63) is 191 Å². The molecule has 5 aromatic carbocycles. The van der Waals surface area contributed by atoms with Gasteiger partial charge in [0.1, 0.15) is 5.82 Å². The van der Waals surface area contributed by atoms with Crippen molar-refractivity contribution < 1.29 is 0 Å². The Morgan fingerprint density at radius 2 is 1.32 bits per heavy atom. The lowest BCUT2D eigenvalue weighted by Gasteiger charge is -2.17. The second-order valence-electron chi connectivity index (χ2n) is 15.0. The summed E-state index contributed by atoms with van der Waals surface area (Å²) in [5, 5.41) is 5.27. The van der Waals surface area contributed by atoms with Crippen molar-refractivity contribution in [2.75, 3.05) is 0 Å². The topological polar surface area (TPSA) is 43.6 Å². The molecule has 3 aromatic heterocycles. The number of allylic oxidation sites excluding steroid dienone is 10. The van der Waals surface area contributed by atoms with Crippen molar-refractivity contribution in [2.24, 2.45) is 5.92 Å². The summed E-state index contributed by atoms with van der Waals surface area (Å²) in [6, 6.07) is 43.2. The number of aromatic nitrogens is 4. The zero-order valence-electron chi connectivity index (χ0n) is 31.3. The van der Waals surface area contributed by atoms with Gasteiger partial charge in [-0.3, -0.25) is 0 Å². The molecule has 2 atom stereocenters. The van der Waals surface area contributed by atoms with Crippen LogP contribution in [0.3, 0.4) is 0 Å². The molecule has 0 radical (unpaired) electrons. The maximum Gasteiger partial charge on any atom is 0.163 e. The molecule has 272 valence electrons. The fourth-order valence-electron chi connectivity index (χ4n) is 8.62. The Hall–Kier alpha value is -6.69. The number of fused-ring (bicyclic) bond motifs is 6. The van der Waals surface area contributed by atoms with Gasteiger partial charge in [-0.1, -0.05) is 152 Å². The molecule has 0 aliphatic heterocycles. The van der Waals surface area contributed by atoms with E-state index >= 15 is 0 Å². The van der Waals surface area contributed by atoms with Crippen molar-refractivity contribution >= 4 is 61.1 Å². The Kier molecular flexibility index (Phi) is 8.33. The molecule has 3 heterocycles. The van der Waals surface area contributed by atoms with Gasteiger partial charge in [0.15, 0.2) is 11.6 Å². The molecule has 5 heteroatoms. The quantitative estimate of drug-likeness (QED) is 0.170. The summed E-state index contributed by atoms with van der Waals surface area (Å²) in [4.78, 5) is 15.0. The van der Waals surface area contributed by atoms with E-state index < -0.39 is 0 Å². The van der Waals surface area contributed by atoms with Gasteiger partial charge in [0.2, 0.25) is 0 Å². The molecular weight excluding hydrogens is 713 g/mol. The summed E-state index contributed by atoms with van der Waals surface area (Å²) in [6.45, 7) is 0. The predicted octanol–water partition coefficient (Wildman–Crippen LogP) is 11.8. The van der Waals surface area contributed by atoms with Crippen LogP contribution in [-0.2, 0) is 0 Å². The van der Waals surface area contributed by atoms with Crippen molar-refractivity contribution in [2.45, 2.75) is 25.2 Å². The SMILES string of the molecule is C1=CC(C2C=c3sc4cc(-c5ccc6c(c5)c5ccccc5n6C5=CCCC=C5)ccc4c3=CC2)=CC(c2nc(-c3ccccc3)nc(-c3ccccc3)n2)C=C1. The third-order valence-electron chi connectivity index (χ3n) is 11.5. The van der Waals surface area contributed by atoms with E-state index in [1.165, 1.54) is 64.0 Å². The molecule has 0 fully saturated rings. The van der Waals surface area contributed by atoms with Gasteiger partial charge in [0.25, 0.3) is 0 Å². The van der Waals surface area contributed by atoms with Crippen LogP contribution in [0.1, 0.15) is 31.0 Å². The lowest BCUT2D eigenvalue weighted by atomic mass is 9.89. The Bertz CT molecular complexity index is 3100. The zero-order valence-corrected chi connectivity index (χ0v) is 32.1. The van der Waals surface area contributed by atoms with Gasteiger partial charge in [-0.2, -0.15) is 0 Å². The highest BCUT2D eigenvalue weighted by molar-refractivity contribution is 7.17. The van der Waals surface area contributed by atoms with Gasteiger partial charge in [0.05, 0.1) is 17.0 Å². The van der Waals surface area contributed by atoms with Crippen LogP contribution in [0.5, 0.6) is 0 Å². The number of para-hydroxylation sites is 1. The summed E-state index contributed by atoms with van der Waals surface area (Å²) in [5.74, 6) is 2.29. The van der Waals surface area contributed by atoms with E-state index in [4.69, 9.17) is 15.0 Å². The molecule has 8 aromatic rings. The molecule has 0 bridgehead atoms. The van der Waals surface area contributed by atoms with E-state index in [-0.39, 0.29) is 11.8 Å². The molecule has 0 amide bonds. The van der Waals surface area contributed by atoms with Crippen molar-refractivity contribution in [3.8, 4) is 33.9 Å². The molecule has 11 rings (SSSR count). The Labute approximate surface area is 335 Å². The first kappa shape index (κ1) is 33.6. The van der Waals surface area contributed by atoms with E-state index in [9.17, 15) is 0 Å². The maximum absolute atomic E-state index is 5.06. The van der Waals surface area contributed by atoms with Gasteiger partial charge in [-0.05, 0) is 71.5 Å². The van der Waals surface area contributed by atoms with Gasteiger partial charge in [-0.25, -0.2) is 15.0 Å². The van der Waals surface area contributed by atoms with Crippen molar-refractivity contribution in [1.82, 2.24) is 19.5 Å². The van der Waals surface area contributed by atoms with E-state index in [1.54, 1.807) is 0 Å². The number of nitrogens with zero attached hydrogens (tertiary/aromatic N) is 4. The largest absolute Gasteiger partial charge is 0.310 e. The standard InChI is InChI=1S/C52H38N4S/c1-4-14-34(15-5-1)50-53-51(35-16-6-2-7-17-35)55-52(54-50)40-19-11-10-18-36(30-40)38-24-27-43-44-28-25-39(33-49(44)57-48(43)32-38)37-26-29-47-45(31-37)42-22-12-13-23-46(42)56(47)41-20-8-3-9-21-41/h1-2,4-8,10-23,25-33,38,40H,3,9,24H2. The molecule has 4 nitrogen and oxygen atoms in total. The summed E-state index contributed by atoms with van der Waals surface area (Å²) in [6.07, 6.45) is 26.0. The molecule has 2 unspecified atom stereocenters. The highest BCUT2D eigenvalue weighted by Crippen LogP contribution is 2.37. The monoisotopic (exact) mass is 750 g/mol. The average Bonchev–Trinajstić information content (AvgIpc) is 3.70. The molecule has 0 saturated carbocycles. The third-order valence-corrected chi connectivity index (χ3v) is 12.6. The van der Waals surface area contributed by atoms with Crippen LogP contribution in [0.15, 0.2) is 176 Å². The summed E-state index contributed by atoms with van der Waals surface area (Å²) in [5.41, 5.74) is 9.50. The minimum absolute atomic E-state index is 0.0927. The predicted molar refractivity (Wildman–Crippen MR) is 239 cm³/mol. The van der Waals surface area contributed by atoms with Crippen LogP contribution < -0.4 is 9.75 Å². The maximum atomic E-state index is 5.06. The fourth-order valence-corrected chi connectivity index (χ4v) is 9.87. The second kappa shape index (κ2) is 14.1. The number of hydrogen-bond donors (Lipinski definition) is 0. The van der Waals surface area contributed by atoms with Gasteiger partial charge in [-0.15, -0.1) is 11.3 Å². The highest BCUT2D eigenvalue weighted by Gasteiger charge is 2.21. The van der Waals surface area contributed by atoms with Crippen molar-refractivity contribution in [1.29, 1.82) is 0 Å². The normalized spacial score (nSPS) is 17.5. The van der Waals surface area contributed by atoms with Crippen LogP contribution >= 0.6 is 11.3 Å². The lowest BCUT2D eigenvalue weighted by molar-refractivity contribution is 0.827. The number of rotatable bonds is 6. The number of thiophene rings is 1. The molecular formula is C52H38N4S. The minimum Gasteiger partial charge on any atom is -0.310 e. The number of benzene rings is 5. The fraction of sp³-hybridized carbons (Fsp3) is 0.0962. The second-order valence-corrected chi connectivity index (χ2v) is 16.1. The smallest absolute Gasteiger partial charge is 0.163 e. The lowest BCUT2D eigenvalue weighted by Crippen LogP contribution is -2.24. The van der Waals surface area contributed by atoms with Gasteiger partial charge >= 0.3 is 0 Å². The molecule has 0 spiro atoms. The highest BCUT2D eigenvalue weighted by atomic mass is 32.1. The van der Waals surface area contributed by atoms with Crippen molar-refractivity contribution in [3.63, 3.8) is 0 Å². The Morgan fingerprint density at radius 3 is 2.11 bits per heavy atom. The van der Waals surface area contributed by atoms with Crippen LogP contribution in [0, 0.1) is 5.92 Å². The molecule has 3 aliphatic rings. The molecule has 0 saturated heterocycles. The summed E-state index contributed by atoms with van der Waals surface area (Å²) in [7, 11) is 0.